The Bertz CT molecular complexity index is 1040. The maximum Gasteiger partial charge on any atom is 0.251 e. The van der Waals surface area contributed by atoms with Crippen LogP contribution in [0.5, 0.6) is 0 Å². The van der Waals surface area contributed by atoms with Gasteiger partial charge in [0.1, 0.15) is 12.4 Å². The first-order chi connectivity index (χ1) is 14.8. The Kier molecular flexibility index (Phi) is 7.38. The van der Waals surface area contributed by atoms with Crippen LogP contribution in [-0.2, 0) is 11.3 Å². The number of nitrogens with zero attached hydrogens (tertiary/aromatic N) is 2. The number of carbonyl (C=O) groups excluding carboxylic acids is 2. The van der Waals surface area contributed by atoms with Gasteiger partial charge in [0.05, 0.1) is 17.1 Å². The van der Waals surface area contributed by atoms with Crippen molar-refractivity contribution in [3.63, 3.8) is 0 Å². The molecule has 1 heterocycles. The fourth-order valence-electron chi connectivity index (χ4n) is 3.46. The summed E-state index contributed by atoms with van der Waals surface area (Å²) in [5.41, 5.74) is 1.96. The van der Waals surface area contributed by atoms with E-state index < -0.39 is 0 Å². The number of thioether (sulfide) groups is 1. The third kappa shape index (κ3) is 6.10. The van der Waals surface area contributed by atoms with E-state index in [0.717, 1.165) is 16.8 Å². The predicted octanol–water partition coefficient (Wildman–Crippen LogP) is 4.18. The van der Waals surface area contributed by atoms with Gasteiger partial charge >= 0.3 is 0 Å². The number of carbonyl (C=O) groups is 2. The molecule has 3 aromatic rings. The van der Waals surface area contributed by atoms with E-state index in [4.69, 9.17) is 4.98 Å². The molecule has 164 valence electrons. The van der Waals surface area contributed by atoms with Gasteiger partial charge in [0, 0.05) is 11.1 Å². The molecule has 0 radical (unpaired) electrons. The van der Waals surface area contributed by atoms with E-state index in [-0.39, 0.29) is 29.9 Å². The molecule has 2 N–H and O–H groups in total. The molecule has 0 saturated carbocycles. The Labute approximate surface area is 187 Å². The largest absolute Gasteiger partial charge is 0.350 e. The van der Waals surface area contributed by atoms with E-state index >= 15 is 0 Å². The Balaban J connectivity index is 1.97. The van der Waals surface area contributed by atoms with Crippen molar-refractivity contribution in [2.45, 2.75) is 45.3 Å². The smallest absolute Gasteiger partial charge is 0.251 e. The first kappa shape index (κ1) is 22.9. The van der Waals surface area contributed by atoms with Crippen LogP contribution in [0, 0.1) is 0 Å². The van der Waals surface area contributed by atoms with E-state index in [2.05, 4.69) is 10.6 Å². The maximum atomic E-state index is 12.9. The molecule has 3 rings (SSSR count). The minimum atomic E-state index is -0.326. The molecule has 0 saturated heterocycles. The molecular formula is C24H30N4O2S. The number of hydrogen-bond donors (Lipinski definition) is 2. The Morgan fingerprint density at radius 3 is 2.42 bits per heavy atom. The Morgan fingerprint density at radius 2 is 1.74 bits per heavy atom. The number of benzene rings is 2. The quantitative estimate of drug-likeness (QED) is 0.553. The summed E-state index contributed by atoms with van der Waals surface area (Å²) in [6.45, 7) is 6.02. The van der Waals surface area contributed by atoms with Gasteiger partial charge in [-0.05, 0) is 63.5 Å². The molecule has 0 aliphatic carbocycles. The molecule has 0 unspecified atom stereocenters. The molecule has 1 aromatic heterocycles. The second-order valence-corrected chi connectivity index (χ2v) is 9.50. The molecule has 7 heteroatoms. The molecule has 0 aliphatic heterocycles. The van der Waals surface area contributed by atoms with E-state index in [1.807, 2.05) is 74.1 Å². The lowest BCUT2D eigenvalue weighted by Gasteiger charge is -2.23. The summed E-state index contributed by atoms with van der Waals surface area (Å²) < 4.78 is 1.92. The van der Waals surface area contributed by atoms with Gasteiger partial charge in [-0.25, -0.2) is 4.98 Å². The van der Waals surface area contributed by atoms with E-state index in [1.54, 1.807) is 23.9 Å². The van der Waals surface area contributed by atoms with Crippen LogP contribution in [0.15, 0.2) is 54.6 Å². The van der Waals surface area contributed by atoms with Crippen LogP contribution >= 0.6 is 11.8 Å². The molecule has 2 aromatic carbocycles. The monoisotopic (exact) mass is 438 g/mol. The van der Waals surface area contributed by atoms with Crippen molar-refractivity contribution in [3.05, 3.63) is 66.0 Å². The van der Waals surface area contributed by atoms with Crippen LogP contribution in [0.25, 0.3) is 11.0 Å². The van der Waals surface area contributed by atoms with Crippen LogP contribution in [0.4, 0.5) is 0 Å². The summed E-state index contributed by atoms with van der Waals surface area (Å²) in [5, 5.41) is 6.16. The SMILES string of the molecule is CSCC[C@H](NC(=O)c1ccccc1)c1nc2ccccc2n1CC(=O)NC(C)(C)C. The molecule has 0 aliphatic rings. The van der Waals surface area contributed by atoms with Crippen molar-refractivity contribution in [3.8, 4) is 0 Å². The third-order valence-corrected chi connectivity index (χ3v) is 5.41. The minimum Gasteiger partial charge on any atom is -0.350 e. The number of rotatable bonds is 8. The highest BCUT2D eigenvalue weighted by Gasteiger charge is 2.24. The highest BCUT2D eigenvalue weighted by atomic mass is 32.2. The van der Waals surface area contributed by atoms with E-state index in [1.165, 1.54) is 0 Å². The summed E-state index contributed by atoms with van der Waals surface area (Å²) in [7, 11) is 0. The van der Waals surface area contributed by atoms with Crippen LogP contribution in [0.3, 0.4) is 0 Å². The van der Waals surface area contributed by atoms with Crippen molar-refractivity contribution in [1.82, 2.24) is 20.2 Å². The van der Waals surface area contributed by atoms with Gasteiger partial charge in [-0.15, -0.1) is 0 Å². The Hall–Kier alpha value is -2.80. The predicted molar refractivity (Wildman–Crippen MR) is 127 cm³/mol. The molecular weight excluding hydrogens is 408 g/mol. The average molecular weight is 439 g/mol. The number of hydrogen-bond acceptors (Lipinski definition) is 4. The molecule has 31 heavy (non-hydrogen) atoms. The number of para-hydroxylation sites is 2. The lowest BCUT2D eigenvalue weighted by atomic mass is 10.1. The fourth-order valence-corrected chi connectivity index (χ4v) is 3.93. The molecule has 0 bridgehead atoms. The third-order valence-electron chi connectivity index (χ3n) is 4.76. The number of imidazole rings is 1. The zero-order valence-electron chi connectivity index (χ0n) is 18.5. The first-order valence-electron chi connectivity index (χ1n) is 10.4. The lowest BCUT2D eigenvalue weighted by molar-refractivity contribution is -0.123. The summed E-state index contributed by atoms with van der Waals surface area (Å²) in [6.07, 6.45) is 2.75. The normalized spacial score (nSPS) is 12.5. The highest BCUT2D eigenvalue weighted by Crippen LogP contribution is 2.24. The molecule has 2 amide bonds. The van der Waals surface area contributed by atoms with Crippen LogP contribution in [0.2, 0.25) is 0 Å². The van der Waals surface area contributed by atoms with E-state index in [9.17, 15) is 9.59 Å². The summed E-state index contributed by atoms with van der Waals surface area (Å²) in [5.74, 6) is 1.32. The van der Waals surface area contributed by atoms with Crippen molar-refractivity contribution in [2.75, 3.05) is 12.0 Å². The number of amides is 2. The second-order valence-electron chi connectivity index (χ2n) is 8.52. The fraction of sp³-hybridized carbons (Fsp3) is 0.375. The first-order valence-corrected chi connectivity index (χ1v) is 11.8. The van der Waals surface area contributed by atoms with Crippen LogP contribution in [-0.4, -0.2) is 38.9 Å². The van der Waals surface area contributed by atoms with Gasteiger partial charge in [0.2, 0.25) is 5.91 Å². The van der Waals surface area contributed by atoms with Gasteiger partial charge < -0.3 is 15.2 Å². The van der Waals surface area contributed by atoms with Crippen molar-refractivity contribution < 1.29 is 9.59 Å². The maximum absolute atomic E-state index is 12.9. The zero-order chi connectivity index (χ0) is 22.4. The van der Waals surface area contributed by atoms with Gasteiger partial charge in [0.15, 0.2) is 0 Å². The zero-order valence-corrected chi connectivity index (χ0v) is 19.3. The summed E-state index contributed by atoms with van der Waals surface area (Å²) in [6, 6.07) is 16.6. The molecule has 1 atom stereocenters. The van der Waals surface area contributed by atoms with Gasteiger partial charge in [-0.1, -0.05) is 30.3 Å². The highest BCUT2D eigenvalue weighted by molar-refractivity contribution is 7.98. The average Bonchev–Trinajstić information content (AvgIpc) is 3.08. The van der Waals surface area contributed by atoms with E-state index in [0.29, 0.717) is 17.8 Å². The van der Waals surface area contributed by atoms with Crippen molar-refractivity contribution in [1.29, 1.82) is 0 Å². The van der Waals surface area contributed by atoms with Crippen LogP contribution in [0.1, 0.15) is 49.4 Å². The minimum absolute atomic E-state index is 0.0881. The number of fused-ring (bicyclic) bond motifs is 1. The van der Waals surface area contributed by atoms with Gasteiger partial charge in [-0.3, -0.25) is 9.59 Å². The molecule has 0 spiro atoms. The second kappa shape index (κ2) is 10.0. The number of aromatic nitrogens is 2. The van der Waals surface area contributed by atoms with Crippen LogP contribution < -0.4 is 10.6 Å². The number of nitrogens with one attached hydrogen (secondary N) is 2. The standard InChI is InChI=1S/C24H30N4O2S/c1-24(2,3)27-21(29)16-28-20-13-9-8-12-18(20)25-22(28)19(14-15-31-4)26-23(30)17-10-6-5-7-11-17/h5-13,19H,14-16H2,1-4H3,(H,26,30)(H,27,29)/t19-/m0/s1. The van der Waals surface area contributed by atoms with Crippen molar-refractivity contribution >= 4 is 34.6 Å². The van der Waals surface area contributed by atoms with Gasteiger partial charge in [0.25, 0.3) is 5.91 Å². The summed E-state index contributed by atoms with van der Waals surface area (Å²) in [4.78, 5) is 30.5. The van der Waals surface area contributed by atoms with Gasteiger partial charge in [-0.2, -0.15) is 11.8 Å². The molecule has 6 nitrogen and oxygen atoms in total. The summed E-state index contributed by atoms with van der Waals surface area (Å²) >= 11 is 1.71. The molecule has 0 fully saturated rings. The lowest BCUT2D eigenvalue weighted by Crippen LogP contribution is -2.42. The van der Waals surface area contributed by atoms with Crippen molar-refractivity contribution in [2.24, 2.45) is 0 Å². The Morgan fingerprint density at radius 1 is 1.06 bits per heavy atom. The topological polar surface area (TPSA) is 76.0 Å².